The highest BCUT2D eigenvalue weighted by Crippen LogP contribution is 2.33. The molecule has 4 heteroatoms. The first-order valence-corrected chi connectivity index (χ1v) is 7.53. The molecule has 3 rings (SSSR count). The van der Waals surface area contributed by atoms with E-state index in [1.165, 1.54) is 6.42 Å². The van der Waals surface area contributed by atoms with Crippen LogP contribution >= 0.6 is 0 Å². The number of nitrogens with two attached hydrogens (primary N) is 1. The zero-order valence-corrected chi connectivity index (χ0v) is 11.7. The van der Waals surface area contributed by atoms with Crippen molar-refractivity contribution in [2.24, 2.45) is 5.73 Å². The predicted molar refractivity (Wildman–Crippen MR) is 77.7 cm³/mol. The van der Waals surface area contributed by atoms with Crippen molar-refractivity contribution >= 4 is 5.91 Å². The van der Waals surface area contributed by atoms with E-state index in [9.17, 15) is 4.79 Å². The summed E-state index contributed by atoms with van der Waals surface area (Å²) >= 11 is 0. The monoisotopic (exact) mass is 274 g/mol. The lowest BCUT2D eigenvalue weighted by molar-refractivity contribution is -0.124. The van der Waals surface area contributed by atoms with Gasteiger partial charge in [0.2, 0.25) is 5.91 Å². The number of hydrogen-bond donors (Lipinski definition) is 2. The summed E-state index contributed by atoms with van der Waals surface area (Å²) in [4.78, 5) is 12.6. The largest absolute Gasteiger partial charge is 0.493 e. The molecular weight excluding hydrogens is 252 g/mol. The fourth-order valence-electron chi connectivity index (χ4n) is 3.24. The second kappa shape index (κ2) is 5.83. The van der Waals surface area contributed by atoms with E-state index in [1.54, 1.807) is 0 Å². The van der Waals surface area contributed by atoms with E-state index in [4.69, 9.17) is 10.5 Å². The average Bonchev–Trinajstić information content (AvgIpc) is 2.49. The molecule has 0 saturated heterocycles. The van der Waals surface area contributed by atoms with E-state index in [1.807, 2.05) is 24.3 Å². The molecule has 1 aromatic rings. The van der Waals surface area contributed by atoms with Crippen molar-refractivity contribution < 1.29 is 9.53 Å². The van der Waals surface area contributed by atoms with Crippen molar-refractivity contribution in [1.29, 1.82) is 0 Å². The summed E-state index contributed by atoms with van der Waals surface area (Å²) in [6, 6.07) is 8.05. The molecule has 108 valence electrons. The van der Waals surface area contributed by atoms with Crippen LogP contribution in [0.25, 0.3) is 0 Å². The third-order valence-corrected chi connectivity index (χ3v) is 4.42. The summed E-state index contributed by atoms with van der Waals surface area (Å²) in [5.74, 6) is 0.837. The van der Waals surface area contributed by atoms with Crippen LogP contribution in [0.1, 0.15) is 43.6 Å². The third-order valence-electron chi connectivity index (χ3n) is 4.42. The first kappa shape index (κ1) is 13.4. The van der Waals surface area contributed by atoms with Gasteiger partial charge in [-0.15, -0.1) is 0 Å². The van der Waals surface area contributed by atoms with Crippen LogP contribution in [0.5, 0.6) is 5.75 Å². The lowest BCUT2D eigenvalue weighted by Gasteiger charge is -2.32. The van der Waals surface area contributed by atoms with Crippen molar-refractivity contribution in [3.63, 3.8) is 0 Å². The van der Waals surface area contributed by atoms with Crippen molar-refractivity contribution in [3.05, 3.63) is 29.8 Å². The van der Waals surface area contributed by atoms with Crippen LogP contribution in [0, 0.1) is 0 Å². The molecule has 1 saturated carbocycles. The molecule has 0 radical (unpaired) electrons. The lowest BCUT2D eigenvalue weighted by Crippen LogP contribution is -2.50. The molecule has 1 aliphatic carbocycles. The van der Waals surface area contributed by atoms with Crippen LogP contribution in [-0.4, -0.2) is 24.6 Å². The molecule has 20 heavy (non-hydrogen) atoms. The standard InChI is InChI=1S/C16H22N2O2/c17-13-6-2-3-7-14(13)18-16(19)12-9-10-20-15-8-4-1-5-11(12)15/h1,4-5,8,12-14H,2-3,6-7,9-10,17H2,(H,18,19)/t12?,13-,14-/m1/s1. The zero-order valence-electron chi connectivity index (χ0n) is 11.7. The summed E-state index contributed by atoms with van der Waals surface area (Å²) in [6.07, 6.45) is 5.08. The molecule has 0 aromatic heterocycles. The Labute approximate surface area is 119 Å². The normalized spacial score (nSPS) is 29.1. The SMILES string of the molecule is N[C@@H]1CCCC[C@H]1NC(=O)C1CCOc2ccccc21. The van der Waals surface area contributed by atoms with Crippen molar-refractivity contribution in [1.82, 2.24) is 5.32 Å². The molecule has 1 unspecified atom stereocenters. The van der Waals surface area contributed by atoms with Crippen LogP contribution in [0.4, 0.5) is 0 Å². The topological polar surface area (TPSA) is 64.3 Å². The van der Waals surface area contributed by atoms with E-state index in [2.05, 4.69) is 5.32 Å². The summed E-state index contributed by atoms with van der Waals surface area (Å²) in [6.45, 7) is 0.603. The molecule has 1 amide bonds. The number of rotatable bonds is 2. The van der Waals surface area contributed by atoms with Crippen molar-refractivity contribution in [2.45, 2.75) is 50.1 Å². The lowest BCUT2D eigenvalue weighted by atomic mass is 9.88. The third kappa shape index (κ3) is 2.66. The summed E-state index contributed by atoms with van der Waals surface area (Å²) in [5.41, 5.74) is 7.11. The smallest absolute Gasteiger partial charge is 0.228 e. The van der Waals surface area contributed by atoms with Gasteiger partial charge in [-0.25, -0.2) is 0 Å². The maximum absolute atomic E-state index is 12.6. The second-order valence-electron chi connectivity index (χ2n) is 5.79. The first-order valence-electron chi connectivity index (χ1n) is 7.53. The minimum atomic E-state index is -0.103. The van der Waals surface area contributed by atoms with E-state index in [-0.39, 0.29) is 23.9 Å². The van der Waals surface area contributed by atoms with Crippen LogP contribution in [0.15, 0.2) is 24.3 Å². The second-order valence-corrected chi connectivity index (χ2v) is 5.79. The molecule has 2 aliphatic rings. The van der Waals surface area contributed by atoms with Crippen LogP contribution in [-0.2, 0) is 4.79 Å². The number of nitrogens with one attached hydrogen (secondary N) is 1. The number of para-hydroxylation sites is 1. The Hall–Kier alpha value is -1.55. The van der Waals surface area contributed by atoms with Crippen LogP contribution in [0.3, 0.4) is 0 Å². The highest BCUT2D eigenvalue weighted by molar-refractivity contribution is 5.85. The van der Waals surface area contributed by atoms with Gasteiger partial charge in [0.15, 0.2) is 0 Å². The average molecular weight is 274 g/mol. The van der Waals surface area contributed by atoms with Gasteiger partial charge < -0.3 is 15.8 Å². The Bertz CT molecular complexity index is 489. The van der Waals surface area contributed by atoms with E-state index in [0.29, 0.717) is 6.61 Å². The van der Waals surface area contributed by atoms with E-state index in [0.717, 1.165) is 37.0 Å². The zero-order chi connectivity index (χ0) is 13.9. The molecule has 3 N–H and O–H groups in total. The van der Waals surface area contributed by atoms with Gasteiger partial charge in [-0.2, -0.15) is 0 Å². The molecule has 1 aromatic carbocycles. The number of fused-ring (bicyclic) bond motifs is 1. The minimum Gasteiger partial charge on any atom is -0.493 e. The predicted octanol–water partition coefficient (Wildman–Crippen LogP) is 1.94. The number of carbonyl (C=O) groups is 1. The number of carbonyl (C=O) groups excluding carboxylic acids is 1. The molecule has 4 nitrogen and oxygen atoms in total. The summed E-state index contributed by atoms with van der Waals surface area (Å²) < 4.78 is 5.61. The fraction of sp³-hybridized carbons (Fsp3) is 0.562. The highest BCUT2D eigenvalue weighted by atomic mass is 16.5. The van der Waals surface area contributed by atoms with Crippen molar-refractivity contribution in [2.75, 3.05) is 6.61 Å². The van der Waals surface area contributed by atoms with Gasteiger partial charge in [0, 0.05) is 17.6 Å². The van der Waals surface area contributed by atoms with Gasteiger partial charge in [-0.3, -0.25) is 4.79 Å². The Morgan fingerprint density at radius 1 is 1.20 bits per heavy atom. The first-order chi connectivity index (χ1) is 9.75. The van der Waals surface area contributed by atoms with Gasteiger partial charge in [-0.05, 0) is 25.3 Å². The molecule has 1 heterocycles. The van der Waals surface area contributed by atoms with Gasteiger partial charge in [0.05, 0.1) is 12.5 Å². The minimum absolute atomic E-state index is 0.0998. The fourth-order valence-corrected chi connectivity index (χ4v) is 3.24. The van der Waals surface area contributed by atoms with Gasteiger partial charge in [0.1, 0.15) is 5.75 Å². The molecule has 0 spiro atoms. The number of hydrogen-bond acceptors (Lipinski definition) is 3. The molecular formula is C16H22N2O2. The van der Waals surface area contributed by atoms with Gasteiger partial charge in [-0.1, -0.05) is 31.0 Å². The molecule has 1 fully saturated rings. The Balaban J connectivity index is 1.72. The number of ether oxygens (including phenoxy) is 1. The van der Waals surface area contributed by atoms with Crippen LogP contribution < -0.4 is 15.8 Å². The van der Waals surface area contributed by atoms with Gasteiger partial charge in [0.25, 0.3) is 0 Å². The summed E-state index contributed by atoms with van der Waals surface area (Å²) in [5, 5.41) is 3.16. The molecule has 3 atom stereocenters. The summed E-state index contributed by atoms with van der Waals surface area (Å²) in [7, 11) is 0. The Morgan fingerprint density at radius 3 is 2.85 bits per heavy atom. The van der Waals surface area contributed by atoms with Crippen molar-refractivity contribution in [3.8, 4) is 5.75 Å². The van der Waals surface area contributed by atoms with E-state index >= 15 is 0 Å². The van der Waals surface area contributed by atoms with Gasteiger partial charge >= 0.3 is 0 Å². The highest BCUT2D eigenvalue weighted by Gasteiger charge is 2.30. The maximum Gasteiger partial charge on any atom is 0.228 e. The number of amides is 1. The number of benzene rings is 1. The quantitative estimate of drug-likeness (QED) is 0.866. The Kier molecular flexibility index (Phi) is 3.92. The molecule has 1 aliphatic heterocycles. The maximum atomic E-state index is 12.6. The Morgan fingerprint density at radius 2 is 2.00 bits per heavy atom. The van der Waals surface area contributed by atoms with E-state index < -0.39 is 0 Å². The molecule has 0 bridgehead atoms. The van der Waals surface area contributed by atoms with Crippen LogP contribution in [0.2, 0.25) is 0 Å².